The SMILES string of the molecule is CN(C)C(=O)c1ccc(N2CCC[C@@]3(CCN(C4CCOCC4)C3=O)C2)cc1F. The summed E-state index contributed by atoms with van der Waals surface area (Å²) in [6.07, 6.45) is 4.49. The smallest absolute Gasteiger partial charge is 0.256 e. The lowest BCUT2D eigenvalue weighted by molar-refractivity contribution is -0.139. The number of ether oxygens (including phenoxy) is 1. The predicted octanol–water partition coefficient (Wildman–Crippen LogP) is 2.53. The lowest BCUT2D eigenvalue weighted by Crippen LogP contribution is -2.50. The molecule has 0 saturated carbocycles. The van der Waals surface area contributed by atoms with Crippen LogP contribution in [0.1, 0.15) is 42.5 Å². The summed E-state index contributed by atoms with van der Waals surface area (Å²) in [7, 11) is 3.22. The molecule has 1 spiro atoms. The molecule has 3 aliphatic heterocycles. The molecule has 3 aliphatic rings. The van der Waals surface area contributed by atoms with Crippen LogP contribution >= 0.6 is 0 Å². The first-order valence-electron chi connectivity index (χ1n) is 10.6. The first kappa shape index (κ1) is 20.1. The van der Waals surface area contributed by atoms with E-state index in [1.807, 2.05) is 0 Å². The van der Waals surface area contributed by atoms with Crippen LogP contribution in [-0.2, 0) is 9.53 Å². The third-order valence-electron chi connectivity index (χ3n) is 6.71. The van der Waals surface area contributed by atoms with E-state index in [0.717, 1.165) is 64.1 Å². The molecule has 2 amide bonds. The standard InChI is InChI=1S/C22H30FN3O3/c1-24(2)20(27)18-5-4-17(14-19(18)23)25-10-3-8-22(15-25)9-11-26(21(22)28)16-6-12-29-13-7-16/h4-5,14,16H,3,6-13,15H2,1-2H3/t22-/m1/s1. The molecule has 158 valence electrons. The monoisotopic (exact) mass is 403 g/mol. The average molecular weight is 403 g/mol. The van der Waals surface area contributed by atoms with Gasteiger partial charge in [0.15, 0.2) is 0 Å². The van der Waals surface area contributed by atoms with Gasteiger partial charge in [-0.05, 0) is 50.3 Å². The quantitative estimate of drug-likeness (QED) is 0.778. The van der Waals surface area contributed by atoms with E-state index < -0.39 is 5.82 Å². The summed E-state index contributed by atoms with van der Waals surface area (Å²) >= 11 is 0. The van der Waals surface area contributed by atoms with E-state index in [9.17, 15) is 14.0 Å². The fourth-order valence-corrected chi connectivity index (χ4v) is 5.04. The average Bonchev–Trinajstić information content (AvgIpc) is 3.03. The number of hydrogen-bond donors (Lipinski definition) is 0. The Morgan fingerprint density at radius 3 is 2.66 bits per heavy atom. The van der Waals surface area contributed by atoms with Crippen LogP contribution < -0.4 is 4.90 Å². The van der Waals surface area contributed by atoms with Gasteiger partial charge >= 0.3 is 0 Å². The summed E-state index contributed by atoms with van der Waals surface area (Å²) in [5.41, 5.74) is 0.452. The van der Waals surface area contributed by atoms with Crippen molar-refractivity contribution < 1.29 is 18.7 Å². The minimum atomic E-state index is -0.512. The highest BCUT2D eigenvalue weighted by molar-refractivity contribution is 5.94. The van der Waals surface area contributed by atoms with Gasteiger partial charge in [0.1, 0.15) is 5.82 Å². The van der Waals surface area contributed by atoms with Crippen molar-refractivity contribution in [2.24, 2.45) is 5.41 Å². The minimum absolute atomic E-state index is 0.0770. The Hall–Kier alpha value is -2.15. The fourth-order valence-electron chi connectivity index (χ4n) is 5.04. The van der Waals surface area contributed by atoms with E-state index in [-0.39, 0.29) is 22.8 Å². The van der Waals surface area contributed by atoms with E-state index in [1.165, 1.54) is 11.0 Å². The topological polar surface area (TPSA) is 53.1 Å². The van der Waals surface area contributed by atoms with Gasteiger partial charge in [0.05, 0.1) is 11.0 Å². The normalized spacial score (nSPS) is 25.7. The van der Waals surface area contributed by atoms with Crippen molar-refractivity contribution in [3.63, 3.8) is 0 Å². The molecule has 1 aromatic rings. The second-order valence-corrected chi connectivity index (χ2v) is 8.76. The number of halogens is 1. The highest BCUT2D eigenvalue weighted by Crippen LogP contribution is 2.43. The van der Waals surface area contributed by atoms with E-state index in [1.54, 1.807) is 26.2 Å². The first-order valence-corrected chi connectivity index (χ1v) is 10.6. The number of rotatable bonds is 3. The molecule has 1 aromatic carbocycles. The molecule has 3 saturated heterocycles. The molecule has 29 heavy (non-hydrogen) atoms. The number of carbonyl (C=O) groups excluding carboxylic acids is 2. The number of amides is 2. The van der Waals surface area contributed by atoms with Crippen LogP contribution in [0.5, 0.6) is 0 Å². The van der Waals surface area contributed by atoms with E-state index in [0.29, 0.717) is 12.6 Å². The molecule has 3 heterocycles. The number of nitrogens with zero attached hydrogens (tertiary/aromatic N) is 3. The van der Waals surface area contributed by atoms with Gasteiger partial charge in [0.2, 0.25) is 5.91 Å². The van der Waals surface area contributed by atoms with Crippen LogP contribution in [0.15, 0.2) is 18.2 Å². The Balaban J connectivity index is 1.51. The van der Waals surface area contributed by atoms with Gasteiger partial charge in [-0.15, -0.1) is 0 Å². The molecule has 6 nitrogen and oxygen atoms in total. The summed E-state index contributed by atoms with van der Waals surface area (Å²) in [5, 5.41) is 0. The van der Waals surface area contributed by atoms with Crippen molar-refractivity contribution >= 4 is 17.5 Å². The van der Waals surface area contributed by atoms with Gasteiger partial charge < -0.3 is 19.4 Å². The number of benzene rings is 1. The van der Waals surface area contributed by atoms with Crippen molar-refractivity contribution in [2.45, 2.75) is 38.1 Å². The van der Waals surface area contributed by atoms with E-state index in [4.69, 9.17) is 4.74 Å². The molecule has 0 radical (unpaired) electrons. The number of anilines is 1. The lowest BCUT2D eigenvalue weighted by Gasteiger charge is -2.41. The summed E-state index contributed by atoms with van der Waals surface area (Å²) in [4.78, 5) is 31.0. The van der Waals surface area contributed by atoms with Crippen LogP contribution in [0.3, 0.4) is 0 Å². The van der Waals surface area contributed by atoms with Crippen molar-refractivity contribution in [1.29, 1.82) is 0 Å². The Morgan fingerprint density at radius 1 is 1.21 bits per heavy atom. The molecule has 0 N–H and O–H groups in total. The van der Waals surface area contributed by atoms with Crippen LogP contribution in [0, 0.1) is 11.2 Å². The summed E-state index contributed by atoms with van der Waals surface area (Å²) < 4.78 is 20.1. The van der Waals surface area contributed by atoms with Gasteiger partial charge in [-0.2, -0.15) is 0 Å². The largest absolute Gasteiger partial charge is 0.381 e. The van der Waals surface area contributed by atoms with E-state index in [2.05, 4.69) is 9.80 Å². The van der Waals surface area contributed by atoms with Crippen molar-refractivity contribution in [2.75, 3.05) is 51.8 Å². The third kappa shape index (κ3) is 3.72. The highest BCUT2D eigenvalue weighted by atomic mass is 19.1. The molecule has 0 aromatic heterocycles. The molecule has 3 fully saturated rings. The molecule has 0 aliphatic carbocycles. The number of carbonyl (C=O) groups is 2. The zero-order valence-electron chi connectivity index (χ0n) is 17.3. The Labute approximate surface area is 171 Å². The second-order valence-electron chi connectivity index (χ2n) is 8.76. The zero-order chi connectivity index (χ0) is 20.6. The maximum absolute atomic E-state index is 14.6. The third-order valence-corrected chi connectivity index (χ3v) is 6.71. The maximum atomic E-state index is 14.6. The Kier molecular flexibility index (Phi) is 5.51. The van der Waals surface area contributed by atoms with Crippen molar-refractivity contribution in [3.8, 4) is 0 Å². The van der Waals surface area contributed by atoms with Crippen LogP contribution in [0.25, 0.3) is 0 Å². The highest BCUT2D eigenvalue weighted by Gasteiger charge is 2.50. The zero-order valence-corrected chi connectivity index (χ0v) is 17.3. The molecule has 0 unspecified atom stereocenters. The Morgan fingerprint density at radius 2 is 1.97 bits per heavy atom. The molecule has 1 atom stereocenters. The number of hydrogen-bond acceptors (Lipinski definition) is 4. The number of likely N-dealkylation sites (tertiary alicyclic amines) is 1. The van der Waals surface area contributed by atoms with Crippen LogP contribution in [-0.4, -0.2) is 74.6 Å². The van der Waals surface area contributed by atoms with Crippen LogP contribution in [0.4, 0.5) is 10.1 Å². The summed E-state index contributed by atoms with van der Waals surface area (Å²) in [6.45, 7) is 3.68. The predicted molar refractivity (Wildman–Crippen MR) is 108 cm³/mol. The molecular formula is C22H30FN3O3. The van der Waals surface area contributed by atoms with Gasteiger partial charge in [0, 0.05) is 58.7 Å². The fraction of sp³-hybridized carbons (Fsp3) is 0.636. The second kappa shape index (κ2) is 7.94. The molecular weight excluding hydrogens is 373 g/mol. The lowest BCUT2D eigenvalue weighted by atomic mass is 9.78. The molecule has 4 rings (SSSR count). The molecule has 0 bridgehead atoms. The summed E-state index contributed by atoms with van der Waals surface area (Å²) in [6, 6.07) is 5.08. The first-order chi connectivity index (χ1) is 13.9. The maximum Gasteiger partial charge on any atom is 0.256 e. The van der Waals surface area contributed by atoms with Gasteiger partial charge in [-0.25, -0.2) is 4.39 Å². The number of piperidine rings is 1. The van der Waals surface area contributed by atoms with Gasteiger partial charge in [-0.3, -0.25) is 9.59 Å². The van der Waals surface area contributed by atoms with Gasteiger partial charge in [0.25, 0.3) is 5.91 Å². The van der Waals surface area contributed by atoms with Crippen molar-refractivity contribution in [1.82, 2.24) is 9.80 Å². The summed E-state index contributed by atoms with van der Waals surface area (Å²) in [5.74, 6) is -0.598. The van der Waals surface area contributed by atoms with Crippen LogP contribution in [0.2, 0.25) is 0 Å². The van der Waals surface area contributed by atoms with Crippen molar-refractivity contribution in [3.05, 3.63) is 29.6 Å². The minimum Gasteiger partial charge on any atom is -0.381 e. The Bertz CT molecular complexity index is 794. The molecule has 7 heteroatoms. The van der Waals surface area contributed by atoms with E-state index >= 15 is 0 Å². The van der Waals surface area contributed by atoms with Gasteiger partial charge in [-0.1, -0.05) is 0 Å².